The Kier molecular flexibility index (Phi) is 5.84. The van der Waals surface area contributed by atoms with Crippen LogP contribution in [0.4, 0.5) is 0 Å². The number of esters is 2. The van der Waals surface area contributed by atoms with Crippen molar-refractivity contribution in [3.8, 4) is 0 Å². The first-order chi connectivity index (χ1) is 7.34. The first-order valence-electron chi connectivity index (χ1n) is 4.59. The predicted octanol–water partition coefficient (Wildman–Crippen LogP) is 0.512. The fourth-order valence-electron chi connectivity index (χ4n) is 0.657. The molecule has 0 spiro atoms. The number of rotatable bonds is 6. The van der Waals surface area contributed by atoms with Gasteiger partial charge in [0, 0.05) is 5.57 Å². The summed E-state index contributed by atoms with van der Waals surface area (Å²) in [6.45, 7) is 5.92. The lowest BCUT2D eigenvalue weighted by atomic mass is 10.3. The molecule has 0 aliphatic carbocycles. The smallest absolute Gasteiger partial charge is 0.344 e. The molecule has 1 atom stereocenters. The van der Waals surface area contributed by atoms with Gasteiger partial charge >= 0.3 is 17.9 Å². The van der Waals surface area contributed by atoms with Gasteiger partial charge in [0.25, 0.3) is 0 Å². The SMILES string of the molecule is C=C(C)C(=O)OCCC(=O)OC(C)C(=O)O. The standard InChI is InChI=1S/C10H14O6/c1-6(2)10(14)15-5-4-8(11)16-7(3)9(12)13/h7H,1,4-5H2,2-3H3,(H,12,13). The summed E-state index contributed by atoms with van der Waals surface area (Å²) in [5.74, 6) is -2.56. The summed E-state index contributed by atoms with van der Waals surface area (Å²) in [7, 11) is 0. The van der Waals surface area contributed by atoms with Gasteiger partial charge in [0.05, 0.1) is 6.42 Å². The second kappa shape index (κ2) is 6.60. The van der Waals surface area contributed by atoms with Gasteiger partial charge in [0.15, 0.2) is 6.10 Å². The predicted molar refractivity (Wildman–Crippen MR) is 53.6 cm³/mol. The Morgan fingerprint density at radius 1 is 1.38 bits per heavy atom. The molecular weight excluding hydrogens is 216 g/mol. The van der Waals surface area contributed by atoms with Gasteiger partial charge in [-0.15, -0.1) is 0 Å². The van der Waals surface area contributed by atoms with E-state index in [4.69, 9.17) is 5.11 Å². The number of carbonyl (C=O) groups is 3. The maximum Gasteiger partial charge on any atom is 0.344 e. The van der Waals surface area contributed by atoms with E-state index < -0.39 is 24.0 Å². The Balaban J connectivity index is 3.79. The van der Waals surface area contributed by atoms with Crippen LogP contribution in [0.2, 0.25) is 0 Å². The van der Waals surface area contributed by atoms with Crippen LogP contribution in [0.25, 0.3) is 0 Å². The van der Waals surface area contributed by atoms with Crippen LogP contribution in [0.1, 0.15) is 20.3 Å². The average Bonchev–Trinajstić information content (AvgIpc) is 2.16. The van der Waals surface area contributed by atoms with Crippen molar-refractivity contribution in [1.29, 1.82) is 0 Å². The molecule has 1 unspecified atom stereocenters. The maximum absolute atomic E-state index is 11.0. The average molecular weight is 230 g/mol. The largest absolute Gasteiger partial charge is 0.479 e. The van der Waals surface area contributed by atoms with Crippen LogP contribution >= 0.6 is 0 Å². The molecule has 0 aromatic heterocycles. The molecule has 6 nitrogen and oxygen atoms in total. The Morgan fingerprint density at radius 3 is 2.38 bits per heavy atom. The van der Waals surface area contributed by atoms with E-state index in [-0.39, 0.29) is 18.6 Å². The summed E-state index contributed by atoms with van der Waals surface area (Å²) >= 11 is 0. The number of carbonyl (C=O) groups excluding carboxylic acids is 2. The van der Waals surface area contributed by atoms with Crippen molar-refractivity contribution < 1.29 is 29.0 Å². The summed E-state index contributed by atoms with van der Waals surface area (Å²) in [6.07, 6.45) is -1.39. The van der Waals surface area contributed by atoms with Crippen LogP contribution in [0.5, 0.6) is 0 Å². The quantitative estimate of drug-likeness (QED) is 0.528. The topological polar surface area (TPSA) is 89.9 Å². The summed E-state index contributed by atoms with van der Waals surface area (Å²) < 4.78 is 9.13. The Labute approximate surface area is 92.8 Å². The molecule has 0 aliphatic rings. The van der Waals surface area contributed by atoms with Crippen LogP contribution < -0.4 is 0 Å². The van der Waals surface area contributed by atoms with Crippen molar-refractivity contribution >= 4 is 17.9 Å². The van der Waals surface area contributed by atoms with Gasteiger partial charge in [0.2, 0.25) is 0 Å². The molecule has 90 valence electrons. The first kappa shape index (κ1) is 14.2. The lowest BCUT2D eigenvalue weighted by molar-refractivity contribution is -0.163. The highest BCUT2D eigenvalue weighted by atomic mass is 16.6. The number of aliphatic carboxylic acids is 1. The van der Waals surface area contributed by atoms with Crippen LogP contribution in [-0.4, -0.2) is 35.7 Å². The first-order valence-corrected chi connectivity index (χ1v) is 4.59. The molecule has 0 bridgehead atoms. The number of carboxylic acid groups (broad SMARTS) is 1. The van der Waals surface area contributed by atoms with Crippen molar-refractivity contribution in [3.63, 3.8) is 0 Å². The van der Waals surface area contributed by atoms with Crippen LogP contribution in [0.15, 0.2) is 12.2 Å². The number of carboxylic acids is 1. The Morgan fingerprint density at radius 2 is 1.94 bits per heavy atom. The van der Waals surface area contributed by atoms with Gasteiger partial charge in [0.1, 0.15) is 6.61 Å². The molecule has 0 heterocycles. The number of ether oxygens (including phenoxy) is 2. The number of hydrogen-bond donors (Lipinski definition) is 1. The van der Waals surface area contributed by atoms with E-state index in [1.807, 2.05) is 0 Å². The Hall–Kier alpha value is -1.85. The van der Waals surface area contributed by atoms with Crippen LogP contribution in [0.3, 0.4) is 0 Å². The van der Waals surface area contributed by atoms with Crippen LogP contribution in [0, 0.1) is 0 Å². The van der Waals surface area contributed by atoms with Gasteiger partial charge in [-0.1, -0.05) is 6.58 Å². The molecule has 0 radical (unpaired) electrons. The number of hydrogen-bond acceptors (Lipinski definition) is 5. The third-order valence-corrected chi connectivity index (χ3v) is 1.54. The minimum Gasteiger partial charge on any atom is -0.479 e. The molecule has 0 saturated heterocycles. The van der Waals surface area contributed by atoms with Crippen molar-refractivity contribution in [3.05, 3.63) is 12.2 Å². The van der Waals surface area contributed by atoms with E-state index >= 15 is 0 Å². The van der Waals surface area contributed by atoms with Gasteiger partial charge in [-0.2, -0.15) is 0 Å². The van der Waals surface area contributed by atoms with Crippen LogP contribution in [-0.2, 0) is 23.9 Å². The van der Waals surface area contributed by atoms with Gasteiger partial charge < -0.3 is 14.6 Å². The van der Waals surface area contributed by atoms with Crippen molar-refractivity contribution in [1.82, 2.24) is 0 Å². The molecule has 16 heavy (non-hydrogen) atoms. The third kappa shape index (κ3) is 5.79. The van der Waals surface area contributed by atoms with Crippen molar-refractivity contribution in [2.45, 2.75) is 26.4 Å². The molecule has 0 aromatic carbocycles. The zero-order chi connectivity index (χ0) is 12.7. The van der Waals surface area contributed by atoms with E-state index in [0.29, 0.717) is 0 Å². The summed E-state index contributed by atoms with van der Waals surface area (Å²) in [5.41, 5.74) is 0.229. The molecule has 0 amide bonds. The molecular formula is C10H14O6. The highest BCUT2D eigenvalue weighted by Gasteiger charge is 2.16. The second-order valence-corrected chi connectivity index (χ2v) is 3.14. The molecule has 0 aliphatic heterocycles. The van der Waals surface area contributed by atoms with Crippen molar-refractivity contribution in [2.24, 2.45) is 0 Å². The summed E-state index contributed by atoms with van der Waals surface area (Å²) in [5, 5.41) is 8.44. The van der Waals surface area contributed by atoms with Gasteiger partial charge in [-0.3, -0.25) is 4.79 Å². The lowest BCUT2D eigenvalue weighted by Gasteiger charge is -2.08. The Bertz CT molecular complexity index is 306. The van der Waals surface area contributed by atoms with Gasteiger partial charge in [-0.25, -0.2) is 9.59 Å². The maximum atomic E-state index is 11.0. The van der Waals surface area contributed by atoms with E-state index in [2.05, 4.69) is 16.1 Å². The minimum absolute atomic E-state index is 0.156. The molecule has 0 fully saturated rings. The molecule has 0 aromatic rings. The lowest BCUT2D eigenvalue weighted by Crippen LogP contribution is -2.24. The molecule has 6 heteroatoms. The third-order valence-electron chi connectivity index (χ3n) is 1.54. The zero-order valence-electron chi connectivity index (χ0n) is 9.19. The normalized spacial score (nSPS) is 11.4. The second-order valence-electron chi connectivity index (χ2n) is 3.14. The van der Waals surface area contributed by atoms with Crippen molar-refractivity contribution in [2.75, 3.05) is 6.61 Å². The molecule has 0 saturated carbocycles. The minimum atomic E-state index is -1.23. The fraction of sp³-hybridized carbons (Fsp3) is 0.500. The van der Waals surface area contributed by atoms with E-state index in [1.165, 1.54) is 13.8 Å². The molecule has 1 N–H and O–H groups in total. The highest BCUT2D eigenvalue weighted by molar-refractivity contribution is 5.87. The van der Waals surface area contributed by atoms with E-state index in [0.717, 1.165) is 0 Å². The zero-order valence-corrected chi connectivity index (χ0v) is 9.19. The monoisotopic (exact) mass is 230 g/mol. The van der Waals surface area contributed by atoms with Gasteiger partial charge in [-0.05, 0) is 13.8 Å². The van der Waals surface area contributed by atoms with E-state index in [9.17, 15) is 14.4 Å². The summed E-state index contributed by atoms with van der Waals surface area (Å²) in [6, 6.07) is 0. The fourth-order valence-corrected chi connectivity index (χ4v) is 0.657. The van der Waals surface area contributed by atoms with E-state index in [1.54, 1.807) is 0 Å². The summed E-state index contributed by atoms with van der Waals surface area (Å²) in [4.78, 5) is 32.2. The molecule has 0 rings (SSSR count). The highest BCUT2D eigenvalue weighted by Crippen LogP contribution is 1.97.